The molecule has 2 bridgehead atoms. The Bertz CT molecular complexity index is 677. The first-order valence-electron chi connectivity index (χ1n) is 9.32. The van der Waals surface area contributed by atoms with Crippen LogP contribution in [0.2, 0.25) is 0 Å². The summed E-state index contributed by atoms with van der Waals surface area (Å²) in [6, 6.07) is 6.68. The van der Waals surface area contributed by atoms with Crippen molar-refractivity contribution in [1.82, 2.24) is 4.90 Å². The number of likely N-dealkylation sites (tertiary alicyclic amines) is 1. The molecule has 1 aromatic rings. The van der Waals surface area contributed by atoms with Crippen LogP contribution in [-0.4, -0.2) is 36.3 Å². The lowest BCUT2D eigenvalue weighted by atomic mass is 9.54. The number of halogens is 1. The molecule has 1 amide bonds. The molecule has 25 heavy (non-hydrogen) atoms. The van der Waals surface area contributed by atoms with E-state index in [2.05, 4.69) is 12.1 Å². The Morgan fingerprint density at radius 3 is 3.00 bits per heavy atom. The third-order valence-corrected chi connectivity index (χ3v) is 6.56. The number of alkyl halides is 1. The van der Waals surface area contributed by atoms with Crippen molar-refractivity contribution in [3.8, 4) is 5.75 Å². The summed E-state index contributed by atoms with van der Waals surface area (Å²) < 4.78 is 10.8. The number of fused-ring (bicyclic) bond motifs is 2. The quantitative estimate of drug-likeness (QED) is 0.727. The van der Waals surface area contributed by atoms with Gasteiger partial charge < -0.3 is 14.4 Å². The molecule has 0 N–H and O–H groups in total. The largest absolute Gasteiger partial charge is 0.497 e. The fourth-order valence-electron chi connectivity index (χ4n) is 5.42. The van der Waals surface area contributed by atoms with Gasteiger partial charge in [-0.25, -0.2) is 4.79 Å². The fourth-order valence-corrected chi connectivity index (χ4v) is 5.49. The molecule has 2 aliphatic carbocycles. The van der Waals surface area contributed by atoms with E-state index in [0.717, 1.165) is 25.1 Å². The molecule has 0 aromatic heterocycles. The molecule has 1 aliphatic heterocycles. The number of ether oxygens (including phenoxy) is 2. The minimum atomic E-state index is -0.592. The van der Waals surface area contributed by atoms with Gasteiger partial charge in [0.05, 0.1) is 7.11 Å². The molecular formula is C20H26ClNO3. The van der Waals surface area contributed by atoms with E-state index in [1.165, 1.54) is 36.8 Å². The number of carbonyl (C=O) groups is 1. The molecule has 2 unspecified atom stereocenters. The second kappa shape index (κ2) is 6.39. The van der Waals surface area contributed by atoms with Crippen molar-refractivity contribution in [2.24, 2.45) is 5.92 Å². The summed E-state index contributed by atoms with van der Waals surface area (Å²) >= 11 is 5.89. The number of carbonyl (C=O) groups excluding carboxylic acids is 1. The van der Waals surface area contributed by atoms with E-state index in [4.69, 9.17) is 21.1 Å². The summed E-state index contributed by atoms with van der Waals surface area (Å²) in [5.41, 5.74) is 2.42. The van der Waals surface area contributed by atoms with Crippen LogP contribution >= 0.6 is 11.6 Å². The zero-order valence-electron chi connectivity index (χ0n) is 15.0. The highest BCUT2D eigenvalue weighted by Gasteiger charge is 2.53. The summed E-state index contributed by atoms with van der Waals surface area (Å²) in [5.74, 6) is 1.43. The fraction of sp³-hybridized carbons (Fsp3) is 0.650. The Balaban J connectivity index is 1.73. The lowest BCUT2D eigenvalue weighted by Crippen LogP contribution is -2.60. The number of hydrogen-bond donors (Lipinski definition) is 0. The van der Waals surface area contributed by atoms with E-state index in [0.29, 0.717) is 5.92 Å². The van der Waals surface area contributed by atoms with Gasteiger partial charge in [-0.2, -0.15) is 0 Å². The number of piperidine rings is 1. The van der Waals surface area contributed by atoms with Gasteiger partial charge >= 0.3 is 6.09 Å². The molecule has 1 heterocycles. The number of methoxy groups -OCH3 is 1. The van der Waals surface area contributed by atoms with Crippen molar-refractivity contribution < 1.29 is 14.3 Å². The van der Waals surface area contributed by atoms with Crippen LogP contribution in [0.5, 0.6) is 5.75 Å². The number of rotatable bonds is 2. The highest BCUT2D eigenvalue weighted by Crippen LogP contribution is 2.55. The summed E-state index contributed by atoms with van der Waals surface area (Å²) in [6.07, 6.45) is 6.55. The lowest BCUT2D eigenvalue weighted by molar-refractivity contribution is -0.00231. The van der Waals surface area contributed by atoms with Gasteiger partial charge in [0.2, 0.25) is 0 Å². The van der Waals surface area contributed by atoms with Gasteiger partial charge in [0.25, 0.3) is 0 Å². The number of benzene rings is 1. The smallest absolute Gasteiger partial charge is 0.411 e. The third kappa shape index (κ3) is 2.79. The van der Waals surface area contributed by atoms with Gasteiger partial charge in [-0.1, -0.05) is 30.5 Å². The second-order valence-electron chi connectivity index (χ2n) is 7.76. The van der Waals surface area contributed by atoms with E-state index in [1.54, 1.807) is 14.0 Å². The molecule has 1 saturated carbocycles. The van der Waals surface area contributed by atoms with Crippen LogP contribution in [-0.2, 0) is 16.6 Å². The summed E-state index contributed by atoms with van der Waals surface area (Å²) in [5, 5.41) is 0. The monoisotopic (exact) mass is 363 g/mol. The Kier molecular flexibility index (Phi) is 4.35. The molecule has 4 nitrogen and oxygen atoms in total. The van der Waals surface area contributed by atoms with Crippen LogP contribution in [0.25, 0.3) is 0 Å². The predicted molar refractivity (Wildman–Crippen MR) is 97.2 cm³/mol. The summed E-state index contributed by atoms with van der Waals surface area (Å²) in [4.78, 5) is 14.5. The van der Waals surface area contributed by atoms with Crippen LogP contribution in [0, 0.1) is 5.92 Å². The summed E-state index contributed by atoms with van der Waals surface area (Å²) in [7, 11) is 1.73. The zero-order chi connectivity index (χ0) is 17.6. The SMILES string of the molecule is COc1ccc2c(c1)[C@]13CCCC[C@@H]1CN(C(=O)OC(C)Cl)C(C2)C3. The van der Waals surface area contributed by atoms with E-state index < -0.39 is 5.56 Å². The van der Waals surface area contributed by atoms with Gasteiger partial charge in [0, 0.05) is 18.0 Å². The Morgan fingerprint density at radius 2 is 2.24 bits per heavy atom. The Morgan fingerprint density at radius 1 is 1.40 bits per heavy atom. The molecule has 1 spiro atoms. The number of hydrogen-bond acceptors (Lipinski definition) is 3. The number of amides is 1. The molecule has 4 atom stereocenters. The second-order valence-corrected chi connectivity index (χ2v) is 8.38. The molecule has 1 saturated heterocycles. The van der Waals surface area contributed by atoms with Crippen LogP contribution in [0.4, 0.5) is 4.79 Å². The first-order chi connectivity index (χ1) is 12.0. The average molecular weight is 364 g/mol. The van der Waals surface area contributed by atoms with Crippen molar-refractivity contribution in [1.29, 1.82) is 0 Å². The maximum Gasteiger partial charge on any atom is 0.411 e. The van der Waals surface area contributed by atoms with Crippen molar-refractivity contribution in [2.75, 3.05) is 13.7 Å². The predicted octanol–water partition coefficient (Wildman–Crippen LogP) is 4.48. The average Bonchev–Trinajstić information content (AvgIpc) is 2.60. The van der Waals surface area contributed by atoms with Crippen molar-refractivity contribution in [3.05, 3.63) is 29.3 Å². The van der Waals surface area contributed by atoms with Crippen molar-refractivity contribution >= 4 is 17.7 Å². The standard InChI is InChI=1S/C20H26ClNO3/c1-13(21)25-19(23)22-12-15-5-3-4-8-20(15)11-16(22)9-14-6-7-17(24-2)10-18(14)20/h6-7,10,13,15-16H,3-5,8-9,11-12H2,1-2H3/t13?,15-,16?,20+/m1/s1. The molecule has 136 valence electrons. The van der Waals surface area contributed by atoms with E-state index in [9.17, 15) is 4.79 Å². The Labute approximate surface area is 154 Å². The summed E-state index contributed by atoms with van der Waals surface area (Å²) in [6.45, 7) is 2.47. The van der Waals surface area contributed by atoms with Gasteiger partial charge in [0.15, 0.2) is 5.56 Å². The minimum absolute atomic E-state index is 0.189. The molecule has 1 aromatic carbocycles. The molecular weight excluding hydrogens is 338 g/mol. The van der Waals surface area contributed by atoms with E-state index in [-0.39, 0.29) is 17.6 Å². The van der Waals surface area contributed by atoms with Crippen LogP contribution < -0.4 is 4.74 Å². The first kappa shape index (κ1) is 17.0. The lowest BCUT2D eigenvalue weighted by Gasteiger charge is -2.57. The topological polar surface area (TPSA) is 38.8 Å². The highest BCUT2D eigenvalue weighted by molar-refractivity contribution is 6.19. The van der Waals surface area contributed by atoms with Crippen LogP contribution in [0.15, 0.2) is 18.2 Å². The van der Waals surface area contributed by atoms with E-state index >= 15 is 0 Å². The van der Waals surface area contributed by atoms with Crippen molar-refractivity contribution in [2.45, 2.75) is 62.5 Å². The normalized spacial score (nSPS) is 31.6. The molecule has 5 heteroatoms. The third-order valence-electron chi connectivity index (χ3n) is 6.47. The van der Waals surface area contributed by atoms with Crippen molar-refractivity contribution in [3.63, 3.8) is 0 Å². The molecule has 3 aliphatic rings. The van der Waals surface area contributed by atoms with Gasteiger partial charge in [-0.3, -0.25) is 0 Å². The minimum Gasteiger partial charge on any atom is -0.497 e. The van der Waals surface area contributed by atoms with E-state index in [1.807, 2.05) is 11.0 Å². The van der Waals surface area contributed by atoms with Crippen LogP contribution in [0.3, 0.4) is 0 Å². The maximum atomic E-state index is 12.6. The van der Waals surface area contributed by atoms with Gasteiger partial charge in [0.1, 0.15) is 5.75 Å². The Hall–Kier alpha value is -1.42. The zero-order valence-corrected chi connectivity index (χ0v) is 15.7. The molecule has 0 radical (unpaired) electrons. The van der Waals surface area contributed by atoms with Crippen LogP contribution in [0.1, 0.15) is 50.2 Å². The first-order valence-corrected chi connectivity index (χ1v) is 9.76. The maximum absolute atomic E-state index is 12.6. The van der Waals surface area contributed by atoms with Gasteiger partial charge in [-0.15, -0.1) is 0 Å². The van der Waals surface area contributed by atoms with Gasteiger partial charge in [-0.05, 0) is 61.8 Å². The molecule has 4 rings (SSSR count). The number of nitrogens with zero attached hydrogens (tertiary/aromatic N) is 1. The molecule has 2 fully saturated rings. The highest BCUT2D eigenvalue weighted by atomic mass is 35.5.